The van der Waals surface area contributed by atoms with Crippen molar-refractivity contribution >= 4 is 23.5 Å². The molecule has 0 unspecified atom stereocenters. The Kier molecular flexibility index (Phi) is 5.94. The zero-order valence-electron chi connectivity index (χ0n) is 10.2. The third kappa shape index (κ3) is 4.19. The molecule has 0 atom stereocenters. The van der Waals surface area contributed by atoms with Gasteiger partial charge in [0.15, 0.2) is 0 Å². The second-order valence-corrected chi connectivity index (χ2v) is 6.62. The summed E-state index contributed by atoms with van der Waals surface area (Å²) in [6.07, 6.45) is 11.1. The van der Waals surface area contributed by atoms with Crippen molar-refractivity contribution in [1.29, 1.82) is 0 Å². The van der Waals surface area contributed by atoms with Gasteiger partial charge in [-0.15, -0.1) is 29.9 Å². The monoisotopic (exact) mass is 253 g/mol. The normalized spacial score (nSPS) is 19.4. The molecule has 1 saturated heterocycles. The second-order valence-electron chi connectivity index (χ2n) is 3.90. The number of hydrogen-bond donors (Lipinski definition) is 0. The molecular formula is C13H19NS2. The maximum absolute atomic E-state index is 5.58. The maximum Gasteiger partial charge on any atom is 0.0829 e. The molecule has 88 valence electrons. The van der Waals surface area contributed by atoms with E-state index in [4.69, 9.17) is 6.42 Å². The Balaban J connectivity index is 2.70. The smallest absolute Gasteiger partial charge is 0.0829 e. The molecule has 1 fully saturated rings. The number of nitrogens with zero attached hydrogens (tertiary/aromatic N) is 1. The van der Waals surface area contributed by atoms with Crippen molar-refractivity contribution in [3.05, 3.63) is 23.4 Å². The van der Waals surface area contributed by atoms with Crippen LogP contribution in [-0.2, 0) is 0 Å². The SMILES string of the molecule is C#C/C(=C\C=C(/C)N(C)C)C1SCCCS1. The van der Waals surface area contributed by atoms with E-state index in [1.165, 1.54) is 23.6 Å². The van der Waals surface area contributed by atoms with E-state index in [2.05, 4.69) is 29.9 Å². The molecule has 0 radical (unpaired) electrons. The Labute approximate surface area is 108 Å². The van der Waals surface area contributed by atoms with E-state index >= 15 is 0 Å². The third-order valence-corrected chi connectivity index (χ3v) is 5.44. The summed E-state index contributed by atoms with van der Waals surface area (Å²) in [4.78, 5) is 2.09. The summed E-state index contributed by atoms with van der Waals surface area (Å²) in [5, 5.41) is 0. The number of allylic oxidation sites excluding steroid dienone is 3. The molecule has 0 bridgehead atoms. The van der Waals surface area contributed by atoms with Crippen LogP contribution in [0.1, 0.15) is 13.3 Å². The van der Waals surface area contributed by atoms with Gasteiger partial charge in [0.25, 0.3) is 0 Å². The predicted molar refractivity (Wildman–Crippen MR) is 77.7 cm³/mol. The molecule has 0 amide bonds. The minimum Gasteiger partial charge on any atom is -0.381 e. The Morgan fingerprint density at radius 1 is 1.31 bits per heavy atom. The minimum absolute atomic E-state index is 0.463. The molecular weight excluding hydrogens is 234 g/mol. The lowest BCUT2D eigenvalue weighted by Crippen LogP contribution is -2.09. The quantitative estimate of drug-likeness (QED) is 0.562. The van der Waals surface area contributed by atoms with Crippen LogP contribution in [0.4, 0.5) is 0 Å². The first kappa shape index (κ1) is 13.6. The molecule has 1 aliphatic heterocycles. The molecule has 0 aromatic rings. The van der Waals surface area contributed by atoms with Crippen LogP contribution in [0.3, 0.4) is 0 Å². The van der Waals surface area contributed by atoms with Crippen molar-refractivity contribution in [2.75, 3.05) is 25.6 Å². The van der Waals surface area contributed by atoms with Gasteiger partial charge in [0, 0.05) is 25.4 Å². The van der Waals surface area contributed by atoms with Crippen LogP contribution in [0.25, 0.3) is 0 Å². The van der Waals surface area contributed by atoms with Crippen LogP contribution in [0.15, 0.2) is 23.4 Å². The van der Waals surface area contributed by atoms with Gasteiger partial charge in [-0.05, 0) is 37.0 Å². The topological polar surface area (TPSA) is 3.24 Å². The molecule has 1 heterocycles. The van der Waals surface area contributed by atoms with Crippen molar-refractivity contribution < 1.29 is 0 Å². The fourth-order valence-electron chi connectivity index (χ4n) is 1.22. The standard InChI is InChI=1S/C13H19NS2/c1-5-12(8-7-11(2)14(3)4)13-15-9-6-10-16-13/h1,7-8,13H,6,9-10H2,2-4H3/b11-7+,12-8+. The summed E-state index contributed by atoms with van der Waals surface area (Å²) >= 11 is 3.93. The lowest BCUT2D eigenvalue weighted by atomic mass is 10.2. The van der Waals surface area contributed by atoms with Gasteiger partial charge in [0.2, 0.25) is 0 Å². The van der Waals surface area contributed by atoms with Crippen LogP contribution in [0.5, 0.6) is 0 Å². The number of hydrogen-bond acceptors (Lipinski definition) is 3. The molecule has 0 spiro atoms. The first-order valence-electron chi connectivity index (χ1n) is 5.40. The summed E-state index contributed by atoms with van der Waals surface area (Å²) in [5.74, 6) is 5.28. The predicted octanol–water partition coefficient (Wildman–Crippen LogP) is 3.21. The van der Waals surface area contributed by atoms with Gasteiger partial charge in [-0.1, -0.05) is 5.92 Å². The molecule has 0 aliphatic carbocycles. The van der Waals surface area contributed by atoms with Crippen molar-refractivity contribution in [3.63, 3.8) is 0 Å². The first-order valence-corrected chi connectivity index (χ1v) is 7.50. The highest BCUT2D eigenvalue weighted by atomic mass is 32.2. The maximum atomic E-state index is 5.58. The highest BCUT2D eigenvalue weighted by Gasteiger charge is 2.16. The van der Waals surface area contributed by atoms with Gasteiger partial charge >= 0.3 is 0 Å². The third-order valence-electron chi connectivity index (χ3n) is 2.46. The van der Waals surface area contributed by atoms with Gasteiger partial charge < -0.3 is 4.90 Å². The summed E-state index contributed by atoms with van der Waals surface area (Å²) in [6, 6.07) is 0. The molecule has 0 saturated carbocycles. The van der Waals surface area contributed by atoms with E-state index in [-0.39, 0.29) is 0 Å². The summed E-state index contributed by atoms with van der Waals surface area (Å²) in [7, 11) is 4.08. The van der Waals surface area contributed by atoms with Crippen molar-refractivity contribution in [1.82, 2.24) is 4.90 Å². The Morgan fingerprint density at radius 3 is 2.44 bits per heavy atom. The molecule has 1 rings (SSSR count). The molecule has 16 heavy (non-hydrogen) atoms. The zero-order chi connectivity index (χ0) is 12.0. The van der Waals surface area contributed by atoms with Gasteiger partial charge in [0.05, 0.1) is 4.58 Å². The van der Waals surface area contributed by atoms with Crippen LogP contribution >= 0.6 is 23.5 Å². The lowest BCUT2D eigenvalue weighted by Gasteiger charge is -2.20. The second kappa shape index (κ2) is 6.98. The van der Waals surface area contributed by atoms with E-state index < -0.39 is 0 Å². The zero-order valence-corrected chi connectivity index (χ0v) is 11.8. The van der Waals surface area contributed by atoms with Gasteiger partial charge in [-0.2, -0.15) is 0 Å². The molecule has 3 heteroatoms. The van der Waals surface area contributed by atoms with Crippen molar-refractivity contribution in [2.45, 2.75) is 17.9 Å². The van der Waals surface area contributed by atoms with E-state index in [0.717, 1.165) is 5.57 Å². The molecule has 0 aromatic heterocycles. The van der Waals surface area contributed by atoms with E-state index in [9.17, 15) is 0 Å². The van der Waals surface area contributed by atoms with E-state index in [1.54, 1.807) is 0 Å². The Bertz CT molecular complexity index is 317. The average Bonchev–Trinajstić information content (AvgIpc) is 2.30. The van der Waals surface area contributed by atoms with Gasteiger partial charge in [-0.3, -0.25) is 0 Å². The molecule has 0 N–H and O–H groups in total. The Morgan fingerprint density at radius 2 is 1.94 bits per heavy atom. The number of rotatable bonds is 3. The first-order chi connectivity index (χ1) is 7.65. The highest BCUT2D eigenvalue weighted by Crippen LogP contribution is 2.35. The van der Waals surface area contributed by atoms with Gasteiger partial charge in [-0.25, -0.2) is 0 Å². The largest absolute Gasteiger partial charge is 0.381 e. The lowest BCUT2D eigenvalue weighted by molar-refractivity contribution is 0.514. The Hall–Kier alpha value is -0.460. The highest BCUT2D eigenvalue weighted by molar-refractivity contribution is 8.17. The fraction of sp³-hybridized carbons (Fsp3) is 0.538. The number of thioether (sulfide) groups is 2. The average molecular weight is 253 g/mol. The fourth-order valence-corrected chi connectivity index (χ4v) is 4.07. The van der Waals surface area contributed by atoms with E-state index in [1.807, 2.05) is 37.6 Å². The van der Waals surface area contributed by atoms with Crippen LogP contribution in [0.2, 0.25) is 0 Å². The van der Waals surface area contributed by atoms with Crippen LogP contribution in [-0.4, -0.2) is 35.1 Å². The molecule has 1 nitrogen and oxygen atoms in total. The summed E-state index contributed by atoms with van der Waals surface area (Å²) in [6.45, 7) is 2.09. The van der Waals surface area contributed by atoms with E-state index in [0.29, 0.717) is 4.58 Å². The summed E-state index contributed by atoms with van der Waals surface area (Å²) in [5.41, 5.74) is 2.33. The van der Waals surface area contributed by atoms with Crippen molar-refractivity contribution in [2.24, 2.45) is 0 Å². The summed E-state index contributed by atoms with van der Waals surface area (Å²) < 4.78 is 0.463. The van der Waals surface area contributed by atoms with Crippen molar-refractivity contribution in [3.8, 4) is 12.3 Å². The van der Waals surface area contributed by atoms with Crippen LogP contribution < -0.4 is 0 Å². The molecule has 0 aromatic carbocycles. The minimum atomic E-state index is 0.463. The number of terminal acetylenes is 1. The molecule has 1 aliphatic rings. The van der Waals surface area contributed by atoms with Crippen LogP contribution in [0, 0.1) is 12.3 Å². The van der Waals surface area contributed by atoms with Gasteiger partial charge in [0.1, 0.15) is 0 Å².